The Hall–Kier alpha value is -2.73. The molecule has 3 rings (SSSR count). The fourth-order valence-corrected chi connectivity index (χ4v) is 2.77. The first-order chi connectivity index (χ1) is 12.7. The number of hydrogen-bond acceptors (Lipinski definition) is 5. The van der Waals surface area contributed by atoms with Crippen LogP contribution in [0.25, 0.3) is 0 Å². The third-order valence-corrected chi connectivity index (χ3v) is 4.15. The molecule has 1 saturated heterocycles. The number of hydrogen-bond donors (Lipinski definition) is 0. The molecule has 1 aromatic heterocycles. The summed E-state index contributed by atoms with van der Waals surface area (Å²) in [5.41, 5.74) is 1.10. The number of amides is 1. The van der Waals surface area contributed by atoms with E-state index in [1.54, 1.807) is 24.1 Å². The van der Waals surface area contributed by atoms with Crippen LogP contribution in [-0.2, 0) is 17.8 Å². The van der Waals surface area contributed by atoms with Crippen LogP contribution in [0.2, 0.25) is 0 Å². The first-order valence-corrected chi connectivity index (χ1v) is 8.57. The summed E-state index contributed by atoms with van der Waals surface area (Å²) in [5, 5.41) is 0. The number of rotatable bonds is 7. The molecular formula is C20H23NO5. The second kappa shape index (κ2) is 8.58. The van der Waals surface area contributed by atoms with Crippen molar-refractivity contribution in [2.24, 2.45) is 0 Å². The average Bonchev–Trinajstić information content (AvgIpc) is 3.16. The topological polar surface area (TPSA) is 61.1 Å². The summed E-state index contributed by atoms with van der Waals surface area (Å²) in [7, 11) is 1.60. The van der Waals surface area contributed by atoms with Gasteiger partial charge in [0.15, 0.2) is 17.3 Å². The quantitative estimate of drug-likeness (QED) is 0.713. The molecule has 2 heterocycles. The molecule has 6 nitrogen and oxygen atoms in total. The Morgan fingerprint density at radius 1 is 1.23 bits per heavy atom. The van der Waals surface area contributed by atoms with Crippen LogP contribution < -0.4 is 9.47 Å². The lowest BCUT2D eigenvalue weighted by Gasteiger charge is -2.25. The van der Waals surface area contributed by atoms with Crippen LogP contribution in [0.4, 0.5) is 0 Å². The van der Waals surface area contributed by atoms with E-state index in [-0.39, 0.29) is 12.5 Å². The lowest BCUT2D eigenvalue weighted by atomic mass is 10.1. The molecule has 6 heteroatoms. The van der Waals surface area contributed by atoms with Gasteiger partial charge >= 0.3 is 0 Å². The normalized spacial score (nSPS) is 14.1. The number of carbonyl (C=O) groups is 1. The van der Waals surface area contributed by atoms with E-state index in [0.717, 1.165) is 12.0 Å². The lowest BCUT2D eigenvalue weighted by molar-refractivity contribution is 0.0281. The molecule has 0 bridgehead atoms. The standard InChI is InChI=1S/C20H23NO5/c1-3-4-15-5-7-17(19(13-15)23-2)25-14-16-6-8-18(26-16)20(22)21-9-11-24-12-10-21/h3,5-8,13H,1,4,9-12,14H2,2H3. The van der Waals surface area contributed by atoms with Crippen LogP contribution in [0.5, 0.6) is 11.5 Å². The van der Waals surface area contributed by atoms with Crippen LogP contribution in [-0.4, -0.2) is 44.2 Å². The summed E-state index contributed by atoms with van der Waals surface area (Å²) >= 11 is 0. The number of methoxy groups -OCH3 is 1. The summed E-state index contributed by atoms with van der Waals surface area (Å²) in [6.07, 6.45) is 2.60. The number of nitrogens with zero attached hydrogens (tertiary/aromatic N) is 1. The van der Waals surface area contributed by atoms with Gasteiger partial charge in [0, 0.05) is 13.1 Å². The highest BCUT2D eigenvalue weighted by atomic mass is 16.5. The van der Waals surface area contributed by atoms with Gasteiger partial charge in [-0.1, -0.05) is 12.1 Å². The fourth-order valence-electron chi connectivity index (χ4n) is 2.77. The Labute approximate surface area is 152 Å². The highest BCUT2D eigenvalue weighted by Gasteiger charge is 2.21. The molecule has 26 heavy (non-hydrogen) atoms. The van der Waals surface area contributed by atoms with Gasteiger partial charge in [-0.05, 0) is 36.2 Å². The second-order valence-corrected chi connectivity index (χ2v) is 5.94. The van der Waals surface area contributed by atoms with Crippen molar-refractivity contribution < 1.29 is 23.4 Å². The Morgan fingerprint density at radius 2 is 2.04 bits per heavy atom. The summed E-state index contributed by atoms with van der Waals surface area (Å²) in [6.45, 7) is 6.24. The van der Waals surface area contributed by atoms with Gasteiger partial charge in [0.1, 0.15) is 12.4 Å². The van der Waals surface area contributed by atoms with E-state index in [2.05, 4.69) is 6.58 Å². The lowest BCUT2D eigenvalue weighted by Crippen LogP contribution is -2.40. The van der Waals surface area contributed by atoms with Gasteiger partial charge in [-0.3, -0.25) is 4.79 Å². The number of ether oxygens (including phenoxy) is 3. The van der Waals surface area contributed by atoms with Crippen molar-refractivity contribution in [2.45, 2.75) is 13.0 Å². The molecule has 2 aromatic rings. The summed E-state index contributed by atoms with van der Waals surface area (Å²) in [6, 6.07) is 9.19. The maximum Gasteiger partial charge on any atom is 0.289 e. The van der Waals surface area contributed by atoms with Crippen molar-refractivity contribution in [3.8, 4) is 11.5 Å². The van der Waals surface area contributed by atoms with Crippen molar-refractivity contribution in [3.63, 3.8) is 0 Å². The zero-order valence-corrected chi connectivity index (χ0v) is 14.9. The van der Waals surface area contributed by atoms with Crippen LogP contribution in [0.3, 0.4) is 0 Å². The van der Waals surface area contributed by atoms with Gasteiger partial charge in [-0.2, -0.15) is 0 Å². The molecule has 1 aliphatic heterocycles. The second-order valence-electron chi connectivity index (χ2n) is 5.94. The van der Waals surface area contributed by atoms with Gasteiger partial charge in [0.25, 0.3) is 5.91 Å². The van der Waals surface area contributed by atoms with E-state index in [0.29, 0.717) is 49.3 Å². The van der Waals surface area contributed by atoms with Gasteiger partial charge < -0.3 is 23.5 Å². The van der Waals surface area contributed by atoms with E-state index in [4.69, 9.17) is 18.6 Å². The Kier molecular flexibility index (Phi) is 5.96. The summed E-state index contributed by atoms with van der Waals surface area (Å²) in [5.74, 6) is 2.06. The maximum absolute atomic E-state index is 12.4. The predicted octanol–water partition coefficient (Wildman–Crippen LogP) is 3.07. The molecule has 1 amide bonds. The SMILES string of the molecule is C=CCc1ccc(OCc2ccc(C(=O)N3CCOCC3)o2)c(OC)c1. The average molecular weight is 357 g/mol. The molecule has 0 aliphatic carbocycles. The molecular weight excluding hydrogens is 334 g/mol. The molecule has 0 spiro atoms. The van der Waals surface area contributed by atoms with E-state index in [1.807, 2.05) is 24.3 Å². The zero-order valence-electron chi connectivity index (χ0n) is 14.9. The predicted molar refractivity (Wildman–Crippen MR) is 96.7 cm³/mol. The highest BCUT2D eigenvalue weighted by molar-refractivity contribution is 5.91. The monoisotopic (exact) mass is 357 g/mol. The molecule has 0 atom stereocenters. The fraction of sp³-hybridized carbons (Fsp3) is 0.350. The van der Waals surface area contributed by atoms with Crippen LogP contribution in [0, 0.1) is 0 Å². The molecule has 1 aliphatic rings. The molecule has 0 unspecified atom stereocenters. The van der Waals surface area contributed by atoms with Gasteiger partial charge in [-0.15, -0.1) is 6.58 Å². The van der Waals surface area contributed by atoms with Crippen molar-refractivity contribution in [3.05, 3.63) is 60.1 Å². The van der Waals surface area contributed by atoms with Gasteiger partial charge in [-0.25, -0.2) is 0 Å². The number of carbonyl (C=O) groups excluding carboxylic acids is 1. The molecule has 1 fully saturated rings. The Morgan fingerprint density at radius 3 is 2.77 bits per heavy atom. The Bertz CT molecular complexity index is 761. The third-order valence-electron chi connectivity index (χ3n) is 4.15. The van der Waals surface area contributed by atoms with Crippen molar-refractivity contribution in [2.75, 3.05) is 33.4 Å². The van der Waals surface area contributed by atoms with Crippen molar-refractivity contribution in [1.29, 1.82) is 0 Å². The third kappa shape index (κ3) is 4.26. The van der Waals surface area contributed by atoms with Gasteiger partial charge in [0.05, 0.1) is 20.3 Å². The molecule has 1 aromatic carbocycles. The molecule has 138 valence electrons. The summed E-state index contributed by atoms with van der Waals surface area (Å²) in [4.78, 5) is 14.1. The molecule has 0 radical (unpaired) electrons. The van der Waals surface area contributed by atoms with E-state index < -0.39 is 0 Å². The summed E-state index contributed by atoms with van der Waals surface area (Å²) < 4.78 is 22.1. The van der Waals surface area contributed by atoms with Crippen LogP contribution >= 0.6 is 0 Å². The first-order valence-electron chi connectivity index (χ1n) is 8.57. The van der Waals surface area contributed by atoms with Crippen LogP contribution in [0.15, 0.2) is 47.4 Å². The van der Waals surface area contributed by atoms with Gasteiger partial charge in [0.2, 0.25) is 0 Å². The smallest absolute Gasteiger partial charge is 0.289 e. The van der Waals surface area contributed by atoms with E-state index in [9.17, 15) is 4.79 Å². The minimum absolute atomic E-state index is 0.120. The number of allylic oxidation sites excluding steroid dienone is 1. The van der Waals surface area contributed by atoms with Crippen molar-refractivity contribution >= 4 is 5.91 Å². The van der Waals surface area contributed by atoms with Crippen molar-refractivity contribution in [1.82, 2.24) is 4.90 Å². The van der Waals surface area contributed by atoms with E-state index in [1.165, 1.54) is 0 Å². The first kappa shape index (κ1) is 18.1. The van der Waals surface area contributed by atoms with E-state index >= 15 is 0 Å². The zero-order chi connectivity index (χ0) is 18.4. The minimum Gasteiger partial charge on any atom is -0.493 e. The number of morpholine rings is 1. The largest absolute Gasteiger partial charge is 0.493 e. The minimum atomic E-state index is -0.120. The highest BCUT2D eigenvalue weighted by Crippen LogP contribution is 2.29. The maximum atomic E-state index is 12.4. The number of furan rings is 1. The van der Waals surface area contributed by atoms with Crippen LogP contribution in [0.1, 0.15) is 21.9 Å². The number of benzene rings is 1. The Balaban J connectivity index is 1.62. The molecule has 0 saturated carbocycles. The molecule has 0 N–H and O–H groups in total.